The van der Waals surface area contributed by atoms with E-state index in [-0.39, 0.29) is 6.08 Å². The second-order valence-electron chi connectivity index (χ2n) is 2.96. The highest BCUT2D eigenvalue weighted by Gasteiger charge is 2.03. The molecular formula is C10H10N2O2. The van der Waals surface area contributed by atoms with Gasteiger partial charge in [-0.2, -0.15) is 4.98 Å². The molecule has 0 spiro atoms. The Labute approximate surface area is 81.3 Å². The quantitative estimate of drug-likeness (QED) is 0.789. The first-order chi connectivity index (χ1) is 6.74. The molecule has 4 heteroatoms. The minimum atomic E-state index is 0.160. The van der Waals surface area contributed by atoms with Gasteiger partial charge in [0.1, 0.15) is 12.0 Å². The number of nitrogens with zero attached hydrogens (tertiary/aromatic N) is 1. The third kappa shape index (κ3) is 1.85. The summed E-state index contributed by atoms with van der Waals surface area (Å²) in [5, 5.41) is 0. The number of hydrogen-bond acceptors (Lipinski definition) is 4. The monoisotopic (exact) mass is 190 g/mol. The second-order valence-corrected chi connectivity index (χ2v) is 2.96. The van der Waals surface area contributed by atoms with Gasteiger partial charge in [-0.1, -0.05) is 12.1 Å². The minimum absolute atomic E-state index is 0.160. The first-order valence-corrected chi connectivity index (χ1v) is 4.19. The van der Waals surface area contributed by atoms with Crippen molar-refractivity contribution < 1.29 is 9.15 Å². The SMILES string of the molecule is Cc1cccc(Oc2nc(N)co2)c1. The lowest BCUT2D eigenvalue weighted by atomic mass is 10.2. The summed E-state index contributed by atoms with van der Waals surface area (Å²) in [5.41, 5.74) is 6.49. The van der Waals surface area contributed by atoms with Gasteiger partial charge in [-0.05, 0) is 24.6 Å². The molecule has 1 aromatic heterocycles. The zero-order chi connectivity index (χ0) is 9.97. The molecule has 0 bridgehead atoms. The largest absolute Gasteiger partial charge is 0.415 e. The summed E-state index contributed by atoms with van der Waals surface area (Å²) in [5.74, 6) is 1.000. The maximum absolute atomic E-state index is 5.38. The van der Waals surface area contributed by atoms with Gasteiger partial charge in [0, 0.05) is 0 Å². The van der Waals surface area contributed by atoms with Gasteiger partial charge in [0.25, 0.3) is 0 Å². The number of aromatic nitrogens is 1. The molecule has 0 aliphatic rings. The van der Waals surface area contributed by atoms with Crippen LogP contribution in [0.15, 0.2) is 34.9 Å². The Hall–Kier alpha value is -1.97. The lowest BCUT2D eigenvalue weighted by Crippen LogP contribution is -1.86. The van der Waals surface area contributed by atoms with Crippen molar-refractivity contribution in [2.45, 2.75) is 6.92 Å². The third-order valence-corrected chi connectivity index (χ3v) is 1.70. The number of hydrogen-bond donors (Lipinski definition) is 1. The Bertz CT molecular complexity index is 437. The van der Waals surface area contributed by atoms with E-state index in [9.17, 15) is 0 Å². The van der Waals surface area contributed by atoms with Crippen molar-refractivity contribution in [1.29, 1.82) is 0 Å². The highest BCUT2D eigenvalue weighted by molar-refractivity contribution is 5.30. The van der Waals surface area contributed by atoms with Gasteiger partial charge in [0.2, 0.25) is 0 Å². The summed E-state index contributed by atoms with van der Waals surface area (Å²) in [6.45, 7) is 1.98. The van der Waals surface area contributed by atoms with Crippen LogP contribution in [-0.4, -0.2) is 4.98 Å². The van der Waals surface area contributed by atoms with Gasteiger partial charge in [-0.25, -0.2) is 0 Å². The predicted molar refractivity (Wildman–Crippen MR) is 52.2 cm³/mol. The number of nitrogens with two attached hydrogens (primary N) is 1. The molecule has 2 N–H and O–H groups in total. The highest BCUT2D eigenvalue weighted by Crippen LogP contribution is 2.21. The molecule has 1 aromatic carbocycles. The van der Waals surface area contributed by atoms with Crippen LogP contribution in [0.2, 0.25) is 0 Å². The number of ether oxygens (including phenoxy) is 1. The lowest BCUT2D eigenvalue weighted by molar-refractivity contribution is 0.330. The molecule has 0 fully saturated rings. The third-order valence-electron chi connectivity index (χ3n) is 1.70. The summed E-state index contributed by atoms with van der Waals surface area (Å²) in [6, 6.07) is 7.60. The van der Waals surface area contributed by atoms with E-state index >= 15 is 0 Å². The van der Waals surface area contributed by atoms with Crippen LogP contribution in [-0.2, 0) is 0 Å². The molecule has 0 saturated heterocycles. The summed E-state index contributed by atoms with van der Waals surface area (Å²) >= 11 is 0. The van der Waals surface area contributed by atoms with Crippen molar-refractivity contribution in [3.05, 3.63) is 36.1 Å². The second kappa shape index (κ2) is 3.41. The van der Waals surface area contributed by atoms with Crippen molar-refractivity contribution in [2.75, 3.05) is 5.73 Å². The predicted octanol–water partition coefficient (Wildman–Crippen LogP) is 2.36. The topological polar surface area (TPSA) is 61.3 Å². The fourth-order valence-corrected chi connectivity index (χ4v) is 1.10. The average molecular weight is 190 g/mol. The summed E-state index contributed by atoms with van der Waals surface area (Å²) in [4.78, 5) is 3.82. The van der Waals surface area contributed by atoms with E-state index in [2.05, 4.69) is 4.98 Å². The smallest absolute Gasteiger partial charge is 0.401 e. The zero-order valence-electron chi connectivity index (χ0n) is 7.73. The van der Waals surface area contributed by atoms with Crippen LogP contribution in [0.5, 0.6) is 11.8 Å². The summed E-state index contributed by atoms with van der Waals surface area (Å²) in [7, 11) is 0. The van der Waals surface area contributed by atoms with Gasteiger partial charge in [-0.15, -0.1) is 0 Å². The molecule has 2 aromatic rings. The van der Waals surface area contributed by atoms with E-state index in [1.54, 1.807) is 0 Å². The van der Waals surface area contributed by atoms with E-state index < -0.39 is 0 Å². The molecule has 0 atom stereocenters. The van der Waals surface area contributed by atoms with Crippen molar-refractivity contribution in [3.8, 4) is 11.8 Å². The normalized spacial score (nSPS) is 10.1. The number of aryl methyl sites for hydroxylation is 1. The van der Waals surface area contributed by atoms with Gasteiger partial charge in [0.15, 0.2) is 5.82 Å². The Morgan fingerprint density at radius 3 is 2.93 bits per heavy atom. The molecule has 0 saturated carbocycles. The Kier molecular flexibility index (Phi) is 2.10. The van der Waals surface area contributed by atoms with E-state index in [0.717, 1.165) is 5.56 Å². The molecule has 0 amide bonds. The Balaban J connectivity index is 2.18. The first-order valence-electron chi connectivity index (χ1n) is 4.19. The standard InChI is InChI=1S/C10H10N2O2/c1-7-3-2-4-8(5-7)14-10-12-9(11)6-13-10/h2-6H,11H2,1H3. The van der Waals surface area contributed by atoms with Crippen LogP contribution in [0.1, 0.15) is 5.56 Å². The van der Waals surface area contributed by atoms with Crippen LogP contribution >= 0.6 is 0 Å². The number of benzene rings is 1. The number of rotatable bonds is 2. The summed E-state index contributed by atoms with van der Waals surface area (Å²) < 4.78 is 10.3. The fourth-order valence-electron chi connectivity index (χ4n) is 1.10. The van der Waals surface area contributed by atoms with E-state index in [1.807, 2.05) is 31.2 Å². The average Bonchev–Trinajstić information content (AvgIpc) is 2.51. The summed E-state index contributed by atoms with van der Waals surface area (Å²) in [6.07, 6.45) is 1.50. The molecular weight excluding hydrogens is 180 g/mol. The molecule has 0 unspecified atom stereocenters. The first kappa shape index (κ1) is 8.62. The molecule has 72 valence electrons. The molecule has 0 radical (unpaired) electrons. The fraction of sp³-hybridized carbons (Fsp3) is 0.100. The molecule has 14 heavy (non-hydrogen) atoms. The van der Waals surface area contributed by atoms with Crippen molar-refractivity contribution in [2.24, 2.45) is 0 Å². The Morgan fingerprint density at radius 1 is 1.43 bits per heavy atom. The van der Waals surface area contributed by atoms with Gasteiger partial charge >= 0.3 is 6.08 Å². The molecule has 4 nitrogen and oxygen atoms in total. The van der Waals surface area contributed by atoms with Crippen molar-refractivity contribution >= 4 is 5.82 Å². The number of anilines is 1. The highest BCUT2D eigenvalue weighted by atomic mass is 16.6. The van der Waals surface area contributed by atoms with E-state index in [1.165, 1.54) is 6.26 Å². The maximum Gasteiger partial charge on any atom is 0.401 e. The number of oxazole rings is 1. The van der Waals surface area contributed by atoms with E-state index in [0.29, 0.717) is 11.6 Å². The van der Waals surface area contributed by atoms with Crippen LogP contribution in [0.25, 0.3) is 0 Å². The molecule has 1 heterocycles. The van der Waals surface area contributed by atoms with Crippen molar-refractivity contribution in [3.63, 3.8) is 0 Å². The number of nitrogen functional groups attached to an aromatic ring is 1. The molecule has 2 rings (SSSR count). The van der Waals surface area contributed by atoms with Crippen LogP contribution < -0.4 is 10.5 Å². The van der Waals surface area contributed by atoms with Crippen molar-refractivity contribution in [1.82, 2.24) is 4.98 Å². The van der Waals surface area contributed by atoms with Crippen LogP contribution in [0, 0.1) is 6.92 Å². The zero-order valence-corrected chi connectivity index (χ0v) is 7.73. The maximum atomic E-state index is 5.38. The van der Waals surface area contributed by atoms with E-state index in [4.69, 9.17) is 14.9 Å². The molecule has 0 aliphatic carbocycles. The van der Waals surface area contributed by atoms with Gasteiger partial charge < -0.3 is 14.9 Å². The lowest BCUT2D eigenvalue weighted by Gasteiger charge is -2.00. The van der Waals surface area contributed by atoms with Crippen LogP contribution in [0.3, 0.4) is 0 Å². The molecule has 0 aliphatic heterocycles. The van der Waals surface area contributed by atoms with Crippen LogP contribution in [0.4, 0.5) is 5.82 Å². The minimum Gasteiger partial charge on any atom is -0.415 e. The Morgan fingerprint density at radius 2 is 2.29 bits per heavy atom. The van der Waals surface area contributed by atoms with Gasteiger partial charge in [-0.3, -0.25) is 0 Å². The van der Waals surface area contributed by atoms with Gasteiger partial charge in [0.05, 0.1) is 0 Å².